The van der Waals surface area contributed by atoms with E-state index < -0.39 is 0 Å². The average molecular weight is 566 g/mol. The van der Waals surface area contributed by atoms with E-state index in [9.17, 15) is 0 Å². The number of halogens is 2. The molecule has 0 fully saturated rings. The molecule has 0 aromatic heterocycles. The molecule has 1 rings (SSSR count). The van der Waals surface area contributed by atoms with Crippen molar-refractivity contribution in [2.45, 2.75) is 6.61 Å². The van der Waals surface area contributed by atoms with Crippen molar-refractivity contribution in [1.82, 2.24) is 0 Å². The molecule has 0 spiro atoms. The predicted octanol–water partition coefficient (Wildman–Crippen LogP) is 0.476. The molecule has 14 heavy (non-hydrogen) atoms. The molecule has 0 aliphatic carbocycles. The normalized spacial score (nSPS) is 6.50. The second-order valence-corrected chi connectivity index (χ2v) is 21.1. The van der Waals surface area contributed by atoms with Gasteiger partial charge in [-0.3, -0.25) is 0 Å². The minimum atomic E-state index is 0. The molecule has 0 bridgehead atoms. The Labute approximate surface area is 116 Å². The maximum atomic E-state index is 8.54. The molecule has 4 nitrogen and oxygen atoms in total. The zero-order valence-corrected chi connectivity index (χ0v) is 14.1. The van der Waals surface area contributed by atoms with E-state index >= 15 is 0 Å². The van der Waals surface area contributed by atoms with Crippen molar-refractivity contribution in [3.05, 3.63) is 35.9 Å². The first-order chi connectivity index (χ1) is 5.35. The van der Waals surface area contributed by atoms with Crippen LogP contribution in [0.2, 0.25) is 0 Å². The molecule has 7 heteroatoms. The van der Waals surface area contributed by atoms with Crippen LogP contribution in [0.5, 0.6) is 0 Å². The van der Waals surface area contributed by atoms with E-state index in [-0.39, 0.29) is 48.5 Å². The Kier molecular flexibility index (Phi) is 36.1. The number of aliphatic hydroxyl groups excluding tert-OH is 1. The van der Waals surface area contributed by atoms with Gasteiger partial charge in [-0.2, -0.15) is 0 Å². The summed E-state index contributed by atoms with van der Waals surface area (Å²) in [5.74, 6) is 0. The molecular formula is C7H14I2O4Sm. The number of aliphatic hydroxyl groups is 1. The van der Waals surface area contributed by atoms with Crippen LogP contribution in [-0.2, 0) is 6.61 Å². The summed E-state index contributed by atoms with van der Waals surface area (Å²) < 4.78 is 0. The maximum absolute atomic E-state index is 8.54. The number of benzene rings is 1. The van der Waals surface area contributed by atoms with E-state index in [2.05, 4.69) is 28.6 Å². The van der Waals surface area contributed by atoms with Crippen molar-refractivity contribution in [2.24, 2.45) is 0 Å². The second-order valence-electron chi connectivity index (χ2n) is 1.70. The fourth-order valence-electron chi connectivity index (χ4n) is 0.583. The summed E-state index contributed by atoms with van der Waals surface area (Å²) >= 11 is 5.07. The SMILES string of the molecule is O.O.O.OCc1ccccc1.[I][Sm][I]. The zero-order valence-electron chi connectivity index (χ0n) is 7.21. The Morgan fingerprint density at radius 3 is 1.57 bits per heavy atom. The van der Waals surface area contributed by atoms with Crippen LogP contribution in [0.25, 0.3) is 0 Å². The van der Waals surface area contributed by atoms with E-state index in [1.165, 1.54) is 0 Å². The third kappa shape index (κ3) is 16.3. The average Bonchev–Trinajstić information content (AvgIpc) is 2.08. The third-order valence-electron chi connectivity index (χ3n) is 1.03. The molecule has 1 aromatic rings. The molecular weight excluding hydrogens is 552 g/mol. The monoisotopic (exact) mass is 568 g/mol. The van der Waals surface area contributed by atoms with Gasteiger partial charge in [-0.1, -0.05) is 30.3 Å². The van der Waals surface area contributed by atoms with Crippen molar-refractivity contribution in [3.63, 3.8) is 0 Å². The van der Waals surface area contributed by atoms with Gasteiger partial charge in [-0.25, -0.2) is 0 Å². The first-order valence-corrected chi connectivity index (χ1v) is 17.9. The van der Waals surface area contributed by atoms with Crippen LogP contribution in [0.15, 0.2) is 30.3 Å². The molecule has 0 heterocycles. The Morgan fingerprint density at radius 1 is 1.00 bits per heavy atom. The standard InChI is InChI=1S/C7H8O.2HI.3H2O.Sm/c8-6-7-4-2-1-3-5-7;;;;;;/h1-5,8H,6H2;2*1H;3*1H2;/q;;;;;;+2/p-2. The van der Waals surface area contributed by atoms with Crippen LogP contribution in [0.4, 0.5) is 0 Å². The molecule has 0 amide bonds. The van der Waals surface area contributed by atoms with Gasteiger partial charge in [-0.05, 0) is 5.56 Å². The summed E-state index contributed by atoms with van der Waals surface area (Å²) in [6.07, 6.45) is 0. The first-order valence-electron chi connectivity index (χ1n) is 2.89. The van der Waals surface area contributed by atoms with Gasteiger partial charge in [0.1, 0.15) is 0 Å². The Bertz CT molecular complexity index is 177. The van der Waals surface area contributed by atoms with Crippen molar-refractivity contribution in [2.75, 3.05) is 0 Å². The van der Waals surface area contributed by atoms with Crippen molar-refractivity contribution in [3.8, 4) is 0 Å². The molecule has 0 saturated heterocycles. The van der Waals surface area contributed by atoms with Gasteiger partial charge in [-0.15, -0.1) is 0 Å². The molecule has 0 aliphatic heterocycles. The van der Waals surface area contributed by atoms with E-state index in [1.54, 1.807) is 0 Å². The Hall–Kier alpha value is 1.86. The Balaban J connectivity index is -0.0000000758. The van der Waals surface area contributed by atoms with Crippen molar-refractivity contribution in [1.29, 1.82) is 0 Å². The summed E-state index contributed by atoms with van der Waals surface area (Å²) in [6.45, 7) is 0.140. The van der Waals surface area contributed by atoms with Crippen molar-refractivity contribution >= 4 is 28.6 Å². The summed E-state index contributed by atoms with van der Waals surface area (Å²) in [5.41, 5.74) is 0.965. The van der Waals surface area contributed by atoms with Crippen LogP contribution in [0, 0.1) is 25.5 Å². The van der Waals surface area contributed by atoms with Crippen LogP contribution >= 0.6 is 28.6 Å². The number of hydrogen-bond acceptors (Lipinski definition) is 1. The van der Waals surface area contributed by atoms with E-state index in [0.717, 1.165) is 5.56 Å². The first kappa shape index (κ1) is 24.9. The second kappa shape index (κ2) is 20.3. The predicted molar refractivity (Wildman–Crippen MR) is 71.2 cm³/mol. The van der Waals surface area contributed by atoms with Crippen LogP contribution in [-0.4, -0.2) is 21.5 Å². The van der Waals surface area contributed by atoms with Gasteiger partial charge in [0.15, 0.2) is 0 Å². The topological polar surface area (TPSA) is 115 Å². The van der Waals surface area contributed by atoms with E-state index in [4.69, 9.17) is 5.11 Å². The van der Waals surface area contributed by atoms with Crippen LogP contribution < -0.4 is 0 Å². The van der Waals surface area contributed by atoms with Gasteiger partial charge in [0.05, 0.1) is 6.61 Å². The molecule has 0 atom stereocenters. The summed E-state index contributed by atoms with van der Waals surface area (Å²) in [7, 11) is 0. The van der Waals surface area contributed by atoms with Crippen molar-refractivity contribution < 1.29 is 47.0 Å². The van der Waals surface area contributed by atoms with E-state index in [0.29, 0.717) is 0 Å². The number of rotatable bonds is 1. The van der Waals surface area contributed by atoms with Gasteiger partial charge >= 0.3 is 54.0 Å². The number of hydrogen-bond donors (Lipinski definition) is 1. The molecule has 0 unspecified atom stereocenters. The summed E-state index contributed by atoms with van der Waals surface area (Å²) in [5, 5.41) is 8.54. The fourth-order valence-corrected chi connectivity index (χ4v) is 0.583. The molecule has 0 aliphatic rings. The van der Waals surface area contributed by atoms with Gasteiger partial charge in [0.25, 0.3) is 0 Å². The summed E-state index contributed by atoms with van der Waals surface area (Å²) in [6, 6.07) is 9.52. The zero-order chi connectivity index (χ0) is 8.53. The molecule has 0 radical (unpaired) electrons. The molecule has 0 saturated carbocycles. The molecule has 86 valence electrons. The van der Waals surface area contributed by atoms with Crippen LogP contribution in [0.1, 0.15) is 5.56 Å². The van der Waals surface area contributed by atoms with Gasteiger partial charge < -0.3 is 21.5 Å². The Morgan fingerprint density at radius 2 is 1.36 bits per heavy atom. The minimum absolute atomic E-state index is 0. The fraction of sp³-hybridized carbons (Fsp3) is 0.143. The van der Waals surface area contributed by atoms with Gasteiger partial charge in [0.2, 0.25) is 0 Å². The van der Waals surface area contributed by atoms with Crippen LogP contribution in [0.3, 0.4) is 0 Å². The molecule has 1 aromatic carbocycles. The third-order valence-corrected chi connectivity index (χ3v) is 1.03. The summed E-state index contributed by atoms with van der Waals surface area (Å²) in [4.78, 5) is 0. The van der Waals surface area contributed by atoms with Gasteiger partial charge in [0, 0.05) is 0 Å². The molecule has 7 N–H and O–H groups in total. The quantitative estimate of drug-likeness (QED) is 0.490. The van der Waals surface area contributed by atoms with E-state index in [1.807, 2.05) is 30.3 Å².